The Kier molecular flexibility index (Phi) is 3.84. The number of sulfonamides is 1. The minimum absolute atomic E-state index is 0.0289. The standard InChI is InChI=1S/C13H16FNO4S/c1-9-7-10(14)3-4-11(9)20(18,19)15-8-13(12(16)17)5-2-6-13/h3-4,7,15H,2,5-6,8H2,1H3,(H,16,17). The van der Waals surface area contributed by atoms with Gasteiger partial charge in [-0.2, -0.15) is 0 Å². The molecule has 2 N–H and O–H groups in total. The fraction of sp³-hybridized carbons (Fsp3) is 0.462. The van der Waals surface area contributed by atoms with Crippen molar-refractivity contribution in [2.24, 2.45) is 5.41 Å². The normalized spacial score (nSPS) is 17.5. The van der Waals surface area contributed by atoms with E-state index < -0.39 is 27.2 Å². The first-order valence-electron chi connectivity index (χ1n) is 6.26. The third-order valence-electron chi connectivity index (χ3n) is 3.79. The highest BCUT2D eigenvalue weighted by molar-refractivity contribution is 7.89. The number of carbonyl (C=O) groups is 1. The van der Waals surface area contributed by atoms with Crippen LogP contribution in [0.2, 0.25) is 0 Å². The van der Waals surface area contributed by atoms with E-state index in [9.17, 15) is 17.6 Å². The highest BCUT2D eigenvalue weighted by atomic mass is 32.2. The number of aryl methyl sites for hydroxylation is 1. The van der Waals surface area contributed by atoms with Crippen molar-refractivity contribution in [2.45, 2.75) is 31.1 Å². The number of nitrogens with one attached hydrogen (secondary N) is 1. The molecule has 1 aromatic rings. The summed E-state index contributed by atoms with van der Waals surface area (Å²) in [5.74, 6) is -1.50. The van der Waals surface area contributed by atoms with Crippen LogP contribution in [0.5, 0.6) is 0 Å². The van der Waals surface area contributed by atoms with Crippen LogP contribution in [0.15, 0.2) is 23.1 Å². The van der Waals surface area contributed by atoms with Gasteiger partial charge in [-0.3, -0.25) is 4.79 Å². The summed E-state index contributed by atoms with van der Waals surface area (Å²) < 4.78 is 39.6. The van der Waals surface area contributed by atoms with E-state index in [4.69, 9.17) is 5.11 Å². The van der Waals surface area contributed by atoms with E-state index in [1.807, 2.05) is 0 Å². The molecule has 2 rings (SSSR count). The molecule has 0 spiro atoms. The maximum Gasteiger partial charge on any atom is 0.310 e. The van der Waals surface area contributed by atoms with Gasteiger partial charge in [0.15, 0.2) is 0 Å². The van der Waals surface area contributed by atoms with E-state index >= 15 is 0 Å². The van der Waals surface area contributed by atoms with Crippen molar-refractivity contribution in [2.75, 3.05) is 6.54 Å². The molecule has 0 amide bonds. The van der Waals surface area contributed by atoms with Crippen LogP contribution in [-0.4, -0.2) is 26.0 Å². The van der Waals surface area contributed by atoms with Gasteiger partial charge in [-0.1, -0.05) is 6.42 Å². The number of benzene rings is 1. The summed E-state index contributed by atoms with van der Waals surface area (Å²) in [6.07, 6.45) is 1.71. The number of aliphatic carboxylic acids is 1. The quantitative estimate of drug-likeness (QED) is 0.866. The fourth-order valence-electron chi connectivity index (χ4n) is 2.30. The van der Waals surface area contributed by atoms with Gasteiger partial charge in [0.2, 0.25) is 10.0 Å². The van der Waals surface area contributed by atoms with Crippen molar-refractivity contribution < 1.29 is 22.7 Å². The number of carboxylic acid groups (broad SMARTS) is 1. The van der Waals surface area contributed by atoms with Gasteiger partial charge in [-0.25, -0.2) is 17.5 Å². The van der Waals surface area contributed by atoms with Crippen molar-refractivity contribution in [1.29, 1.82) is 0 Å². The molecule has 0 radical (unpaired) electrons. The number of hydrogen-bond donors (Lipinski definition) is 2. The van der Waals surface area contributed by atoms with Crippen LogP contribution in [0.3, 0.4) is 0 Å². The zero-order chi connectivity index (χ0) is 15.0. The predicted octanol–water partition coefficient (Wildman–Crippen LogP) is 1.67. The molecule has 0 saturated heterocycles. The lowest BCUT2D eigenvalue weighted by atomic mass is 9.69. The van der Waals surface area contributed by atoms with Crippen LogP contribution in [0.25, 0.3) is 0 Å². The first-order valence-corrected chi connectivity index (χ1v) is 7.74. The van der Waals surface area contributed by atoms with Crippen LogP contribution < -0.4 is 4.72 Å². The number of carboxylic acids is 1. The Balaban J connectivity index is 2.17. The average molecular weight is 301 g/mol. The smallest absolute Gasteiger partial charge is 0.310 e. The third-order valence-corrected chi connectivity index (χ3v) is 5.35. The minimum Gasteiger partial charge on any atom is -0.481 e. The van der Waals surface area contributed by atoms with E-state index in [1.165, 1.54) is 13.0 Å². The number of halogens is 1. The van der Waals surface area contributed by atoms with E-state index in [0.717, 1.165) is 18.6 Å². The molecule has 1 aliphatic rings. The van der Waals surface area contributed by atoms with Gasteiger partial charge in [-0.15, -0.1) is 0 Å². The second-order valence-electron chi connectivity index (χ2n) is 5.17. The van der Waals surface area contributed by atoms with Gasteiger partial charge < -0.3 is 5.11 Å². The fourth-order valence-corrected chi connectivity index (χ4v) is 3.65. The molecule has 1 fully saturated rings. The number of rotatable bonds is 5. The Morgan fingerprint density at radius 1 is 1.45 bits per heavy atom. The Labute approximate surface area is 116 Å². The summed E-state index contributed by atoms with van der Waals surface area (Å²) in [6, 6.07) is 3.38. The molecule has 20 heavy (non-hydrogen) atoms. The largest absolute Gasteiger partial charge is 0.481 e. The summed E-state index contributed by atoms with van der Waals surface area (Å²) in [5.41, 5.74) is -0.712. The summed E-state index contributed by atoms with van der Waals surface area (Å²) in [7, 11) is -3.83. The molecule has 0 aromatic heterocycles. The van der Waals surface area contributed by atoms with E-state index in [2.05, 4.69) is 4.72 Å². The van der Waals surface area contributed by atoms with Gasteiger partial charge in [0.05, 0.1) is 10.3 Å². The maximum atomic E-state index is 13.0. The first kappa shape index (κ1) is 14.9. The molecular formula is C13H16FNO4S. The minimum atomic E-state index is -3.83. The Morgan fingerprint density at radius 3 is 2.55 bits per heavy atom. The molecule has 7 heteroatoms. The molecule has 5 nitrogen and oxygen atoms in total. The lowest BCUT2D eigenvalue weighted by molar-refractivity contribution is -0.153. The monoisotopic (exact) mass is 301 g/mol. The highest BCUT2D eigenvalue weighted by Crippen LogP contribution is 2.40. The van der Waals surface area contributed by atoms with E-state index in [-0.39, 0.29) is 17.0 Å². The molecule has 1 aliphatic carbocycles. The molecule has 0 heterocycles. The Morgan fingerprint density at radius 2 is 2.10 bits per heavy atom. The zero-order valence-corrected chi connectivity index (χ0v) is 11.8. The molecule has 0 aliphatic heterocycles. The highest BCUT2D eigenvalue weighted by Gasteiger charge is 2.45. The Bertz CT molecular complexity index is 638. The van der Waals surface area contributed by atoms with Gasteiger partial charge in [0.25, 0.3) is 0 Å². The van der Waals surface area contributed by atoms with Gasteiger partial charge in [0.1, 0.15) is 5.82 Å². The van der Waals surface area contributed by atoms with E-state index in [0.29, 0.717) is 12.8 Å². The first-order chi connectivity index (χ1) is 9.27. The zero-order valence-electron chi connectivity index (χ0n) is 11.0. The van der Waals surface area contributed by atoms with Crippen LogP contribution in [0, 0.1) is 18.2 Å². The lowest BCUT2D eigenvalue weighted by Gasteiger charge is -2.37. The van der Waals surface area contributed by atoms with Crippen molar-refractivity contribution in [3.05, 3.63) is 29.6 Å². The van der Waals surface area contributed by atoms with Gasteiger partial charge in [-0.05, 0) is 43.5 Å². The molecule has 0 atom stereocenters. The molecule has 0 unspecified atom stereocenters. The topological polar surface area (TPSA) is 83.5 Å². The SMILES string of the molecule is Cc1cc(F)ccc1S(=O)(=O)NCC1(C(=O)O)CCC1. The predicted molar refractivity (Wildman–Crippen MR) is 70.2 cm³/mol. The molecule has 110 valence electrons. The van der Waals surface area contributed by atoms with Crippen LogP contribution in [0.4, 0.5) is 4.39 Å². The summed E-state index contributed by atoms with van der Waals surface area (Å²) in [4.78, 5) is 11.2. The maximum absolute atomic E-state index is 13.0. The van der Waals surface area contributed by atoms with Crippen LogP contribution >= 0.6 is 0 Å². The molecule has 0 bridgehead atoms. The van der Waals surface area contributed by atoms with Crippen LogP contribution in [-0.2, 0) is 14.8 Å². The molecule has 1 aromatic carbocycles. The Hall–Kier alpha value is -1.47. The van der Waals surface area contributed by atoms with Crippen molar-refractivity contribution >= 4 is 16.0 Å². The van der Waals surface area contributed by atoms with Crippen molar-refractivity contribution in [3.63, 3.8) is 0 Å². The third kappa shape index (κ3) is 2.69. The average Bonchev–Trinajstić information content (AvgIpc) is 2.25. The van der Waals surface area contributed by atoms with Crippen LogP contribution in [0.1, 0.15) is 24.8 Å². The lowest BCUT2D eigenvalue weighted by Crippen LogP contribution is -2.47. The summed E-state index contributed by atoms with van der Waals surface area (Å²) >= 11 is 0. The summed E-state index contributed by atoms with van der Waals surface area (Å²) in [5, 5.41) is 9.16. The second kappa shape index (κ2) is 5.14. The van der Waals surface area contributed by atoms with Gasteiger partial charge >= 0.3 is 5.97 Å². The molecular weight excluding hydrogens is 285 g/mol. The van der Waals surface area contributed by atoms with Crippen molar-refractivity contribution in [3.8, 4) is 0 Å². The van der Waals surface area contributed by atoms with Gasteiger partial charge in [0, 0.05) is 6.54 Å². The summed E-state index contributed by atoms with van der Waals surface area (Å²) in [6.45, 7) is 1.36. The number of hydrogen-bond acceptors (Lipinski definition) is 3. The van der Waals surface area contributed by atoms with Crippen molar-refractivity contribution in [1.82, 2.24) is 4.72 Å². The molecule has 1 saturated carbocycles. The van der Waals surface area contributed by atoms with E-state index in [1.54, 1.807) is 0 Å². The second-order valence-corrected chi connectivity index (χ2v) is 6.91.